The van der Waals surface area contributed by atoms with Gasteiger partial charge in [-0.2, -0.15) is 0 Å². The van der Waals surface area contributed by atoms with Crippen LogP contribution in [0.4, 0.5) is 0 Å². The normalized spacial score (nSPS) is 19.0. The molecule has 1 fully saturated rings. The number of carbonyl (C=O) groups is 3. The number of cyclic esters (lactones) is 2. The van der Waals surface area contributed by atoms with E-state index in [0.29, 0.717) is 5.78 Å². The van der Waals surface area contributed by atoms with Crippen LogP contribution in [0.15, 0.2) is 24.3 Å². The molecule has 0 amide bonds. The van der Waals surface area contributed by atoms with E-state index in [-0.39, 0.29) is 30.1 Å². The molecule has 0 aromatic carbocycles. The van der Waals surface area contributed by atoms with E-state index in [9.17, 15) is 14.4 Å². The molecule has 0 N–H and O–H groups in total. The lowest BCUT2D eigenvalue weighted by Crippen LogP contribution is -2.17. The first-order valence-corrected chi connectivity index (χ1v) is 12.1. The highest BCUT2D eigenvalue weighted by Gasteiger charge is 2.37. The minimum atomic E-state index is -0.390. The van der Waals surface area contributed by atoms with Crippen LogP contribution in [0.5, 0.6) is 0 Å². The monoisotopic (exact) mass is 418 g/mol. The van der Waals surface area contributed by atoms with E-state index in [0.717, 1.165) is 64.2 Å². The van der Waals surface area contributed by atoms with Gasteiger partial charge < -0.3 is 4.74 Å². The summed E-state index contributed by atoms with van der Waals surface area (Å²) in [4.78, 5) is 35.1. The second kappa shape index (κ2) is 16.0. The molecule has 1 aliphatic heterocycles. The zero-order valence-corrected chi connectivity index (χ0v) is 19.4. The van der Waals surface area contributed by atoms with Gasteiger partial charge >= 0.3 is 11.9 Å². The Morgan fingerprint density at radius 2 is 1.77 bits per heavy atom. The highest BCUT2D eigenvalue weighted by molar-refractivity contribution is 5.94. The van der Waals surface area contributed by atoms with Crippen LogP contribution in [-0.2, 0) is 19.1 Å². The van der Waals surface area contributed by atoms with Crippen molar-refractivity contribution in [1.29, 1.82) is 0 Å². The van der Waals surface area contributed by atoms with Gasteiger partial charge in [0, 0.05) is 12.3 Å². The van der Waals surface area contributed by atoms with E-state index in [2.05, 4.69) is 32.1 Å². The minimum Gasteiger partial charge on any atom is -0.393 e. The zero-order chi connectivity index (χ0) is 22.2. The molecule has 30 heavy (non-hydrogen) atoms. The Kier molecular flexibility index (Phi) is 14.1. The summed E-state index contributed by atoms with van der Waals surface area (Å²) < 4.78 is 4.74. The van der Waals surface area contributed by atoms with Crippen LogP contribution in [0, 0.1) is 17.8 Å². The maximum Gasteiger partial charge on any atom is 0.317 e. The summed E-state index contributed by atoms with van der Waals surface area (Å²) >= 11 is 0. The highest BCUT2D eigenvalue weighted by atomic mass is 16.6. The molecule has 0 saturated carbocycles. The smallest absolute Gasteiger partial charge is 0.317 e. The Bertz CT molecular complexity index is 576. The van der Waals surface area contributed by atoms with Crippen LogP contribution in [0.25, 0.3) is 0 Å². The van der Waals surface area contributed by atoms with E-state index in [1.54, 1.807) is 0 Å². The molecule has 4 nitrogen and oxygen atoms in total. The van der Waals surface area contributed by atoms with Gasteiger partial charge in [0.15, 0.2) is 0 Å². The van der Waals surface area contributed by atoms with Gasteiger partial charge in [-0.15, -0.1) is 0 Å². The van der Waals surface area contributed by atoms with E-state index < -0.39 is 5.97 Å². The molecular weight excluding hydrogens is 376 g/mol. The summed E-state index contributed by atoms with van der Waals surface area (Å²) in [5.41, 5.74) is 0. The maximum atomic E-state index is 11.9. The summed E-state index contributed by atoms with van der Waals surface area (Å²) in [5.74, 6) is -0.353. The van der Waals surface area contributed by atoms with Crippen molar-refractivity contribution >= 4 is 17.7 Å². The number of hydrogen-bond donors (Lipinski definition) is 0. The van der Waals surface area contributed by atoms with Crippen molar-refractivity contribution in [2.24, 2.45) is 17.8 Å². The lowest BCUT2D eigenvalue weighted by Gasteiger charge is -2.15. The number of allylic oxidation sites excluding steroid dienone is 4. The fourth-order valence-corrected chi connectivity index (χ4v) is 3.83. The number of carbonyl (C=O) groups excluding carboxylic acids is 3. The molecule has 0 radical (unpaired) electrons. The van der Waals surface area contributed by atoms with Crippen molar-refractivity contribution in [3.05, 3.63) is 24.3 Å². The van der Waals surface area contributed by atoms with Crippen molar-refractivity contribution < 1.29 is 19.1 Å². The van der Waals surface area contributed by atoms with Gasteiger partial charge in [0.05, 0.1) is 12.3 Å². The number of rotatable bonds is 17. The van der Waals surface area contributed by atoms with Gasteiger partial charge in [0.2, 0.25) is 0 Å². The average Bonchev–Trinajstić information content (AvgIpc) is 3.07. The first kappa shape index (κ1) is 26.3. The Morgan fingerprint density at radius 1 is 1.03 bits per heavy atom. The molecular formula is C26H42O4. The second-order valence-electron chi connectivity index (χ2n) is 8.66. The van der Waals surface area contributed by atoms with Crippen molar-refractivity contribution in [3.63, 3.8) is 0 Å². The molecule has 3 unspecified atom stereocenters. The van der Waals surface area contributed by atoms with Gasteiger partial charge in [0.1, 0.15) is 5.78 Å². The molecule has 0 aromatic heterocycles. The van der Waals surface area contributed by atoms with Gasteiger partial charge in [-0.25, -0.2) is 0 Å². The standard InChI is InChI=1S/C26H42O4/c1-4-6-14-17-22(23-20-25(28)30-26(23)29)18-15-12-10-8-7-9-11-13-16-19-24(27)21(3)5-2/h10,12,15,18,21-23H,4-9,11,13-14,16-17,19-20H2,1-3H3/b12-10-,18-15+. The van der Waals surface area contributed by atoms with Crippen LogP contribution in [0.3, 0.4) is 0 Å². The molecule has 1 saturated heterocycles. The maximum absolute atomic E-state index is 11.9. The van der Waals surface area contributed by atoms with Crippen molar-refractivity contribution in [2.45, 2.75) is 104 Å². The molecule has 1 rings (SSSR count). The quantitative estimate of drug-likeness (QED) is 0.114. The summed E-state index contributed by atoms with van der Waals surface area (Å²) in [6.07, 6.45) is 21.2. The summed E-state index contributed by atoms with van der Waals surface area (Å²) in [7, 11) is 0. The van der Waals surface area contributed by atoms with Crippen molar-refractivity contribution in [3.8, 4) is 0 Å². The average molecular weight is 419 g/mol. The molecule has 0 spiro atoms. The van der Waals surface area contributed by atoms with Crippen LogP contribution in [-0.4, -0.2) is 17.7 Å². The lowest BCUT2D eigenvalue weighted by atomic mass is 9.86. The summed E-state index contributed by atoms with van der Waals surface area (Å²) in [6, 6.07) is 0. The highest BCUT2D eigenvalue weighted by Crippen LogP contribution is 2.29. The topological polar surface area (TPSA) is 60.4 Å². The fourth-order valence-electron chi connectivity index (χ4n) is 3.83. The second-order valence-corrected chi connectivity index (χ2v) is 8.66. The van der Waals surface area contributed by atoms with E-state index in [1.807, 2.05) is 13.0 Å². The molecule has 0 bridgehead atoms. The third-order valence-corrected chi connectivity index (χ3v) is 6.12. The fraction of sp³-hybridized carbons (Fsp3) is 0.731. The number of hydrogen-bond acceptors (Lipinski definition) is 4. The molecule has 0 aliphatic carbocycles. The Labute approximate surface area is 183 Å². The van der Waals surface area contributed by atoms with Crippen LogP contribution >= 0.6 is 0 Å². The van der Waals surface area contributed by atoms with Gasteiger partial charge in [-0.1, -0.05) is 83.6 Å². The molecule has 0 aromatic rings. The van der Waals surface area contributed by atoms with Crippen molar-refractivity contribution in [2.75, 3.05) is 0 Å². The SMILES string of the molecule is CCCCCC(/C=C/C=C\CCCCCCCC(=O)C(C)CC)C1CC(=O)OC1=O. The van der Waals surface area contributed by atoms with Gasteiger partial charge in [-0.3, -0.25) is 14.4 Å². The Hall–Kier alpha value is -1.71. The van der Waals surface area contributed by atoms with E-state index in [1.165, 1.54) is 12.8 Å². The number of unbranched alkanes of at least 4 members (excludes halogenated alkanes) is 7. The lowest BCUT2D eigenvalue weighted by molar-refractivity contribution is -0.153. The van der Waals surface area contributed by atoms with Crippen LogP contribution in [0.2, 0.25) is 0 Å². The Morgan fingerprint density at radius 3 is 2.43 bits per heavy atom. The third kappa shape index (κ3) is 10.9. The van der Waals surface area contributed by atoms with Gasteiger partial charge in [0.25, 0.3) is 0 Å². The number of ketones is 1. The molecule has 4 heteroatoms. The summed E-state index contributed by atoms with van der Waals surface area (Å²) in [5, 5.41) is 0. The predicted octanol–water partition coefficient (Wildman–Crippen LogP) is 6.73. The first-order chi connectivity index (χ1) is 14.5. The van der Waals surface area contributed by atoms with Crippen LogP contribution in [0.1, 0.15) is 104 Å². The largest absolute Gasteiger partial charge is 0.393 e. The van der Waals surface area contributed by atoms with Crippen molar-refractivity contribution in [1.82, 2.24) is 0 Å². The Balaban J connectivity index is 2.22. The zero-order valence-electron chi connectivity index (χ0n) is 19.4. The van der Waals surface area contributed by atoms with E-state index >= 15 is 0 Å². The predicted molar refractivity (Wildman–Crippen MR) is 122 cm³/mol. The molecule has 3 atom stereocenters. The number of ether oxygens (including phenoxy) is 1. The van der Waals surface area contributed by atoms with Crippen LogP contribution < -0.4 is 0 Å². The first-order valence-electron chi connectivity index (χ1n) is 12.1. The number of esters is 2. The molecule has 1 aliphatic rings. The summed E-state index contributed by atoms with van der Waals surface area (Å²) in [6.45, 7) is 6.25. The minimum absolute atomic E-state index is 0.0817. The van der Waals surface area contributed by atoms with Gasteiger partial charge in [-0.05, 0) is 38.0 Å². The molecule has 170 valence electrons. The molecule has 1 heterocycles. The number of Topliss-reactive ketones (excluding diaryl/α,β-unsaturated/α-hetero) is 1. The third-order valence-electron chi connectivity index (χ3n) is 6.12. The van der Waals surface area contributed by atoms with E-state index in [4.69, 9.17) is 4.74 Å².